The maximum Gasteiger partial charge on any atom is 0.193 e. The highest BCUT2D eigenvalue weighted by Crippen LogP contribution is 2.14. The molecule has 2 heterocycles. The zero-order valence-corrected chi connectivity index (χ0v) is 10.5. The average Bonchev–Trinajstić information content (AvgIpc) is 2.62. The quantitative estimate of drug-likeness (QED) is 0.779. The number of hydrogen-bond donors (Lipinski definition) is 0. The van der Waals surface area contributed by atoms with Gasteiger partial charge in [0.2, 0.25) is 0 Å². The highest BCUT2D eigenvalue weighted by molar-refractivity contribution is 9.09. The number of aryl methyl sites for hydroxylation is 1. The number of fused-ring (bicyclic) bond motifs is 1. The van der Waals surface area contributed by atoms with Gasteiger partial charge in [-0.2, -0.15) is 0 Å². The molecule has 0 aromatic carbocycles. The van der Waals surface area contributed by atoms with Gasteiger partial charge in [0.15, 0.2) is 4.96 Å². The molecule has 0 spiro atoms. The Balaban J connectivity index is 1.95. The van der Waals surface area contributed by atoms with Gasteiger partial charge in [-0.15, -0.1) is 11.3 Å². The summed E-state index contributed by atoms with van der Waals surface area (Å²) < 4.78 is 2.09. The molecule has 0 aliphatic heterocycles. The molecular formula is C10H13BrN2S. The maximum absolute atomic E-state index is 4.54. The lowest BCUT2D eigenvalue weighted by molar-refractivity contribution is 0.727. The van der Waals surface area contributed by atoms with Crippen LogP contribution in [0, 0.1) is 0 Å². The molecule has 2 nitrogen and oxygen atoms in total. The van der Waals surface area contributed by atoms with Crippen LogP contribution in [0.4, 0.5) is 0 Å². The largest absolute Gasteiger partial charge is 0.297 e. The van der Waals surface area contributed by atoms with Crippen LogP contribution in [-0.4, -0.2) is 14.2 Å². The Kier molecular flexibility index (Phi) is 3.23. The molecule has 2 aromatic rings. The molecule has 0 saturated carbocycles. The molecule has 0 fully saturated rings. The van der Waals surface area contributed by atoms with Crippen LogP contribution in [0.2, 0.25) is 0 Å². The number of halogens is 1. The third-order valence-corrected chi connectivity index (χ3v) is 3.41. The second kappa shape index (κ2) is 4.45. The second-order valence-corrected chi connectivity index (χ2v) is 5.93. The first-order valence-corrected chi connectivity index (χ1v) is 6.60. The number of rotatable bonds is 4. The molecule has 2 rings (SSSR count). The van der Waals surface area contributed by atoms with Crippen molar-refractivity contribution >= 4 is 32.2 Å². The summed E-state index contributed by atoms with van der Waals surface area (Å²) in [4.78, 5) is 6.26. The summed E-state index contributed by atoms with van der Waals surface area (Å²) >= 11 is 5.24. The monoisotopic (exact) mass is 272 g/mol. The van der Waals surface area contributed by atoms with Crippen LogP contribution in [0.15, 0.2) is 17.8 Å². The average molecular weight is 273 g/mol. The normalized spacial score (nSPS) is 13.6. The van der Waals surface area contributed by atoms with E-state index in [1.54, 1.807) is 11.3 Å². The molecule has 1 atom stereocenters. The molecule has 14 heavy (non-hydrogen) atoms. The van der Waals surface area contributed by atoms with Gasteiger partial charge in [-0.05, 0) is 19.3 Å². The summed E-state index contributed by atoms with van der Waals surface area (Å²) in [6.45, 7) is 2.19. The molecule has 0 bridgehead atoms. The van der Waals surface area contributed by atoms with E-state index in [2.05, 4.69) is 50.0 Å². The van der Waals surface area contributed by atoms with Crippen LogP contribution in [0.3, 0.4) is 0 Å². The van der Waals surface area contributed by atoms with Crippen molar-refractivity contribution in [3.8, 4) is 0 Å². The van der Waals surface area contributed by atoms with Crippen LogP contribution in [0.25, 0.3) is 4.96 Å². The van der Waals surface area contributed by atoms with Gasteiger partial charge in [-0.25, -0.2) is 4.98 Å². The Hall–Kier alpha value is -0.350. The molecule has 2 aromatic heterocycles. The molecule has 0 amide bonds. The molecule has 0 N–H and O–H groups in total. The molecule has 0 aliphatic carbocycles. The second-order valence-electron chi connectivity index (χ2n) is 3.50. The predicted molar refractivity (Wildman–Crippen MR) is 64.4 cm³/mol. The lowest BCUT2D eigenvalue weighted by atomic mass is 10.2. The standard InChI is InChI=1S/C10H13BrN2S/c1-8(11)3-2-4-9-7-13-5-6-14-10(13)12-9/h5-8H,2-4H2,1H3. The fraction of sp³-hybridized carbons (Fsp3) is 0.500. The number of hydrogen-bond acceptors (Lipinski definition) is 2. The summed E-state index contributed by atoms with van der Waals surface area (Å²) in [5.41, 5.74) is 1.21. The van der Waals surface area contributed by atoms with Gasteiger partial charge >= 0.3 is 0 Å². The summed E-state index contributed by atoms with van der Waals surface area (Å²) in [7, 11) is 0. The Morgan fingerprint density at radius 2 is 2.50 bits per heavy atom. The van der Waals surface area contributed by atoms with Crippen LogP contribution in [-0.2, 0) is 6.42 Å². The smallest absolute Gasteiger partial charge is 0.193 e. The van der Waals surface area contributed by atoms with Gasteiger partial charge in [0.05, 0.1) is 5.69 Å². The number of aromatic nitrogens is 2. The first-order valence-electron chi connectivity index (χ1n) is 4.81. The van der Waals surface area contributed by atoms with Gasteiger partial charge in [-0.1, -0.05) is 22.9 Å². The summed E-state index contributed by atoms with van der Waals surface area (Å²) in [6.07, 6.45) is 7.70. The molecular weight excluding hydrogens is 260 g/mol. The van der Waals surface area contributed by atoms with Crippen molar-refractivity contribution in [1.82, 2.24) is 9.38 Å². The van der Waals surface area contributed by atoms with E-state index in [1.807, 2.05) is 0 Å². The van der Waals surface area contributed by atoms with Crippen LogP contribution < -0.4 is 0 Å². The van der Waals surface area contributed by atoms with E-state index >= 15 is 0 Å². The van der Waals surface area contributed by atoms with Crippen molar-refractivity contribution in [2.24, 2.45) is 0 Å². The van der Waals surface area contributed by atoms with E-state index in [9.17, 15) is 0 Å². The molecule has 0 saturated heterocycles. The van der Waals surface area contributed by atoms with Crippen molar-refractivity contribution in [2.75, 3.05) is 0 Å². The van der Waals surface area contributed by atoms with Crippen molar-refractivity contribution in [3.63, 3.8) is 0 Å². The first-order chi connectivity index (χ1) is 6.75. The van der Waals surface area contributed by atoms with E-state index in [1.165, 1.54) is 18.5 Å². The van der Waals surface area contributed by atoms with Gasteiger partial charge in [0.1, 0.15) is 0 Å². The molecule has 1 unspecified atom stereocenters. The van der Waals surface area contributed by atoms with Crippen molar-refractivity contribution in [1.29, 1.82) is 0 Å². The molecule has 0 aliphatic rings. The minimum Gasteiger partial charge on any atom is -0.297 e. The van der Waals surface area contributed by atoms with E-state index in [0.717, 1.165) is 11.4 Å². The van der Waals surface area contributed by atoms with E-state index in [-0.39, 0.29) is 0 Å². The highest BCUT2D eigenvalue weighted by atomic mass is 79.9. The van der Waals surface area contributed by atoms with Gasteiger partial charge in [0.25, 0.3) is 0 Å². The lowest BCUT2D eigenvalue weighted by Crippen LogP contribution is -1.92. The Morgan fingerprint density at radius 3 is 3.21 bits per heavy atom. The third kappa shape index (κ3) is 2.36. The molecule has 76 valence electrons. The van der Waals surface area contributed by atoms with E-state index in [0.29, 0.717) is 4.83 Å². The van der Waals surface area contributed by atoms with Gasteiger partial charge < -0.3 is 0 Å². The summed E-state index contributed by atoms with van der Waals surface area (Å²) in [5, 5.41) is 2.06. The van der Waals surface area contributed by atoms with Crippen molar-refractivity contribution < 1.29 is 0 Å². The van der Waals surface area contributed by atoms with E-state index in [4.69, 9.17) is 0 Å². The van der Waals surface area contributed by atoms with Gasteiger partial charge in [0, 0.05) is 22.6 Å². The Bertz CT molecular complexity index is 376. The van der Waals surface area contributed by atoms with Gasteiger partial charge in [-0.3, -0.25) is 4.40 Å². The topological polar surface area (TPSA) is 17.3 Å². The Labute approximate surface area is 96.1 Å². The number of alkyl halides is 1. The van der Waals surface area contributed by atoms with Crippen LogP contribution in [0.1, 0.15) is 25.5 Å². The fourth-order valence-electron chi connectivity index (χ4n) is 1.46. The zero-order chi connectivity index (χ0) is 9.97. The minimum atomic E-state index is 0.617. The highest BCUT2D eigenvalue weighted by Gasteiger charge is 2.02. The van der Waals surface area contributed by atoms with E-state index < -0.39 is 0 Å². The number of nitrogens with zero attached hydrogens (tertiary/aromatic N) is 2. The number of imidazole rings is 1. The summed E-state index contributed by atoms with van der Waals surface area (Å²) in [5.74, 6) is 0. The molecule has 0 radical (unpaired) electrons. The van der Waals surface area contributed by atoms with Crippen LogP contribution >= 0.6 is 27.3 Å². The van der Waals surface area contributed by atoms with Crippen molar-refractivity contribution in [2.45, 2.75) is 31.0 Å². The first kappa shape index (κ1) is 10.2. The Morgan fingerprint density at radius 1 is 1.64 bits per heavy atom. The maximum atomic E-state index is 4.54. The van der Waals surface area contributed by atoms with Crippen LogP contribution in [0.5, 0.6) is 0 Å². The SMILES string of the molecule is CC(Br)CCCc1cn2ccsc2n1. The lowest BCUT2D eigenvalue weighted by Gasteiger charge is -1.99. The molecule has 4 heteroatoms. The number of thiazole rings is 1. The fourth-order valence-corrected chi connectivity index (χ4v) is 2.50. The summed E-state index contributed by atoms with van der Waals surface area (Å²) in [6, 6.07) is 0. The minimum absolute atomic E-state index is 0.617. The third-order valence-electron chi connectivity index (χ3n) is 2.18. The van der Waals surface area contributed by atoms with Crippen molar-refractivity contribution in [3.05, 3.63) is 23.5 Å². The zero-order valence-electron chi connectivity index (χ0n) is 8.11. The predicted octanol–water partition coefficient (Wildman–Crippen LogP) is 3.50.